The SMILES string of the molecule is CCCC/C(C)=C/c1ccc(Cl)cc1. The molecule has 0 fully saturated rings. The Morgan fingerprint density at radius 2 is 1.93 bits per heavy atom. The summed E-state index contributed by atoms with van der Waals surface area (Å²) in [6, 6.07) is 7.97. The molecule has 0 unspecified atom stereocenters. The van der Waals surface area contributed by atoms with Gasteiger partial charge in [-0.15, -0.1) is 0 Å². The summed E-state index contributed by atoms with van der Waals surface area (Å²) in [5.74, 6) is 0. The Bertz CT molecular complexity index is 296. The molecule has 0 spiro atoms. The maximum Gasteiger partial charge on any atom is 0.0406 e. The van der Waals surface area contributed by atoms with Crippen molar-refractivity contribution >= 4 is 17.7 Å². The van der Waals surface area contributed by atoms with Crippen molar-refractivity contribution in [1.29, 1.82) is 0 Å². The number of allylic oxidation sites excluding steroid dienone is 1. The molecule has 0 radical (unpaired) electrons. The second-order valence-electron chi connectivity index (χ2n) is 3.65. The van der Waals surface area contributed by atoms with Gasteiger partial charge < -0.3 is 0 Å². The van der Waals surface area contributed by atoms with Crippen LogP contribution in [0.1, 0.15) is 38.7 Å². The molecule has 0 aromatic heterocycles. The van der Waals surface area contributed by atoms with Gasteiger partial charge >= 0.3 is 0 Å². The van der Waals surface area contributed by atoms with E-state index >= 15 is 0 Å². The third-order valence-electron chi connectivity index (χ3n) is 2.21. The Labute approximate surface area is 91.6 Å². The average molecular weight is 209 g/mol. The van der Waals surface area contributed by atoms with Gasteiger partial charge in [-0.05, 0) is 37.5 Å². The number of rotatable bonds is 4. The van der Waals surface area contributed by atoms with Crippen LogP contribution in [0.4, 0.5) is 0 Å². The lowest BCUT2D eigenvalue weighted by atomic mass is 10.1. The molecule has 76 valence electrons. The maximum atomic E-state index is 5.81. The van der Waals surface area contributed by atoms with E-state index in [1.807, 2.05) is 12.1 Å². The summed E-state index contributed by atoms with van der Waals surface area (Å²) < 4.78 is 0. The van der Waals surface area contributed by atoms with Crippen LogP contribution < -0.4 is 0 Å². The van der Waals surface area contributed by atoms with Gasteiger partial charge in [-0.25, -0.2) is 0 Å². The van der Waals surface area contributed by atoms with E-state index in [1.165, 1.54) is 30.4 Å². The predicted octanol–water partition coefficient (Wildman–Crippen LogP) is 4.93. The lowest BCUT2D eigenvalue weighted by Gasteiger charge is -2.00. The van der Waals surface area contributed by atoms with Crippen LogP contribution >= 0.6 is 11.6 Å². The Morgan fingerprint density at radius 3 is 2.50 bits per heavy atom. The number of halogens is 1. The minimum atomic E-state index is 0.799. The maximum absolute atomic E-state index is 5.81. The van der Waals surface area contributed by atoms with Gasteiger partial charge in [-0.3, -0.25) is 0 Å². The van der Waals surface area contributed by atoms with Crippen LogP contribution in [0.2, 0.25) is 5.02 Å². The summed E-state index contributed by atoms with van der Waals surface area (Å²) in [7, 11) is 0. The van der Waals surface area contributed by atoms with E-state index < -0.39 is 0 Å². The van der Waals surface area contributed by atoms with Crippen LogP contribution in [0, 0.1) is 0 Å². The topological polar surface area (TPSA) is 0 Å². The van der Waals surface area contributed by atoms with Gasteiger partial charge in [0.1, 0.15) is 0 Å². The van der Waals surface area contributed by atoms with E-state index in [1.54, 1.807) is 0 Å². The van der Waals surface area contributed by atoms with E-state index in [4.69, 9.17) is 11.6 Å². The molecule has 1 aromatic rings. The Kier molecular flexibility index (Phi) is 4.75. The number of hydrogen-bond acceptors (Lipinski definition) is 0. The van der Waals surface area contributed by atoms with Crippen LogP contribution in [0.5, 0.6) is 0 Å². The van der Waals surface area contributed by atoms with Crippen LogP contribution in [-0.2, 0) is 0 Å². The first-order chi connectivity index (χ1) is 6.72. The average Bonchev–Trinajstić information content (AvgIpc) is 2.18. The fourth-order valence-electron chi connectivity index (χ4n) is 1.37. The monoisotopic (exact) mass is 208 g/mol. The third-order valence-corrected chi connectivity index (χ3v) is 2.46. The molecule has 0 aliphatic carbocycles. The van der Waals surface area contributed by atoms with Crippen LogP contribution in [0.25, 0.3) is 6.08 Å². The fraction of sp³-hybridized carbons (Fsp3) is 0.385. The lowest BCUT2D eigenvalue weighted by Crippen LogP contribution is -1.78. The number of hydrogen-bond donors (Lipinski definition) is 0. The highest BCUT2D eigenvalue weighted by Crippen LogP contribution is 2.14. The highest BCUT2D eigenvalue weighted by Gasteiger charge is 1.92. The second-order valence-corrected chi connectivity index (χ2v) is 4.08. The molecular formula is C13H17Cl. The van der Waals surface area contributed by atoms with Crippen molar-refractivity contribution in [3.8, 4) is 0 Å². The minimum Gasteiger partial charge on any atom is -0.0843 e. The summed E-state index contributed by atoms with van der Waals surface area (Å²) in [6.07, 6.45) is 5.95. The molecule has 0 heterocycles. The number of unbranched alkanes of at least 4 members (excludes halogenated alkanes) is 1. The molecule has 0 bridgehead atoms. The van der Waals surface area contributed by atoms with Crippen molar-refractivity contribution in [3.05, 3.63) is 40.4 Å². The van der Waals surface area contributed by atoms with E-state index in [9.17, 15) is 0 Å². The van der Waals surface area contributed by atoms with Crippen LogP contribution in [0.3, 0.4) is 0 Å². The Balaban J connectivity index is 2.61. The zero-order valence-corrected chi connectivity index (χ0v) is 9.64. The van der Waals surface area contributed by atoms with Gasteiger partial charge in [0.25, 0.3) is 0 Å². The van der Waals surface area contributed by atoms with Gasteiger partial charge in [0.05, 0.1) is 0 Å². The van der Waals surface area contributed by atoms with Crippen molar-refractivity contribution < 1.29 is 0 Å². The third kappa shape index (κ3) is 3.97. The highest BCUT2D eigenvalue weighted by molar-refractivity contribution is 6.30. The van der Waals surface area contributed by atoms with Crippen molar-refractivity contribution in [2.24, 2.45) is 0 Å². The first-order valence-corrected chi connectivity index (χ1v) is 5.53. The second kappa shape index (κ2) is 5.87. The van der Waals surface area contributed by atoms with Crippen LogP contribution in [-0.4, -0.2) is 0 Å². The zero-order valence-electron chi connectivity index (χ0n) is 8.89. The van der Waals surface area contributed by atoms with Gasteiger partial charge in [-0.1, -0.05) is 48.7 Å². The first kappa shape index (κ1) is 11.3. The van der Waals surface area contributed by atoms with E-state index in [0.29, 0.717) is 0 Å². The molecule has 1 aromatic carbocycles. The molecule has 0 amide bonds. The molecule has 0 nitrogen and oxygen atoms in total. The summed E-state index contributed by atoms with van der Waals surface area (Å²) >= 11 is 5.81. The van der Waals surface area contributed by atoms with Gasteiger partial charge in [0.15, 0.2) is 0 Å². The summed E-state index contributed by atoms with van der Waals surface area (Å²) in [6.45, 7) is 4.40. The molecule has 0 aliphatic heterocycles. The molecule has 0 saturated carbocycles. The van der Waals surface area contributed by atoms with Crippen molar-refractivity contribution in [2.75, 3.05) is 0 Å². The molecule has 1 heteroatoms. The quantitative estimate of drug-likeness (QED) is 0.658. The van der Waals surface area contributed by atoms with Gasteiger partial charge in [-0.2, -0.15) is 0 Å². The Hall–Kier alpha value is -0.750. The molecule has 0 aliphatic rings. The standard InChI is InChI=1S/C13H17Cl/c1-3-4-5-11(2)10-12-6-8-13(14)9-7-12/h6-10H,3-5H2,1-2H3/b11-10+. The van der Waals surface area contributed by atoms with Gasteiger partial charge in [0.2, 0.25) is 0 Å². The summed E-state index contributed by atoms with van der Waals surface area (Å²) in [5.41, 5.74) is 2.68. The fourth-order valence-corrected chi connectivity index (χ4v) is 1.50. The summed E-state index contributed by atoms with van der Waals surface area (Å²) in [5, 5.41) is 0.799. The first-order valence-electron chi connectivity index (χ1n) is 5.15. The van der Waals surface area contributed by atoms with Crippen molar-refractivity contribution in [2.45, 2.75) is 33.1 Å². The molecule has 0 N–H and O–H groups in total. The van der Waals surface area contributed by atoms with Crippen molar-refractivity contribution in [1.82, 2.24) is 0 Å². The van der Waals surface area contributed by atoms with Crippen molar-refractivity contribution in [3.63, 3.8) is 0 Å². The number of benzene rings is 1. The summed E-state index contributed by atoms with van der Waals surface area (Å²) in [4.78, 5) is 0. The largest absolute Gasteiger partial charge is 0.0843 e. The molecule has 1 rings (SSSR count). The highest BCUT2D eigenvalue weighted by atomic mass is 35.5. The van der Waals surface area contributed by atoms with E-state index in [-0.39, 0.29) is 0 Å². The smallest absolute Gasteiger partial charge is 0.0406 e. The normalized spacial score (nSPS) is 11.8. The zero-order chi connectivity index (χ0) is 10.4. The van der Waals surface area contributed by atoms with Gasteiger partial charge in [0, 0.05) is 5.02 Å². The predicted molar refractivity (Wildman–Crippen MR) is 64.6 cm³/mol. The molecular weight excluding hydrogens is 192 g/mol. The van der Waals surface area contributed by atoms with E-state index in [0.717, 1.165) is 5.02 Å². The molecule has 14 heavy (non-hydrogen) atoms. The van der Waals surface area contributed by atoms with E-state index in [2.05, 4.69) is 32.1 Å². The lowest BCUT2D eigenvalue weighted by molar-refractivity contribution is 0.790. The molecule has 0 saturated heterocycles. The Morgan fingerprint density at radius 1 is 1.29 bits per heavy atom. The van der Waals surface area contributed by atoms with Crippen LogP contribution in [0.15, 0.2) is 29.8 Å². The minimum absolute atomic E-state index is 0.799. The molecule has 0 atom stereocenters.